The van der Waals surface area contributed by atoms with E-state index in [0.29, 0.717) is 18.0 Å². The number of hydrogen-bond donors (Lipinski definition) is 1. The van der Waals surface area contributed by atoms with Crippen molar-refractivity contribution in [3.05, 3.63) is 121 Å². The number of nitrogens with zero attached hydrogens (tertiary/aromatic N) is 4. The van der Waals surface area contributed by atoms with E-state index in [1.807, 2.05) is 48.5 Å². The first-order chi connectivity index (χ1) is 17.1. The van der Waals surface area contributed by atoms with Crippen molar-refractivity contribution in [3.8, 4) is 16.9 Å². The molecule has 35 heavy (non-hydrogen) atoms. The van der Waals surface area contributed by atoms with Crippen LogP contribution in [0.1, 0.15) is 16.1 Å². The zero-order chi connectivity index (χ0) is 24.0. The van der Waals surface area contributed by atoms with Crippen LogP contribution in [0.3, 0.4) is 0 Å². The summed E-state index contributed by atoms with van der Waals surface area (Å²) in [6, 6.07) is 25.8. The van der Waals surface area contributed by atoms with Gasteiger partial charge >= 0.3 is 0 Å². The molecule has 1 N–H and O–H groups in total. The van der Waals surface area contributed by atoms with Crippen LogP contribution in [0.2, 0.25) is 0 Å². The van der Waals surface area contributed by atoms with E-state index in [9.17, 15) is 9.18 Å². The molecule has 0 saturated heterocycles. The zero-order valence-electron chi connectivity index (χ0n) is 18.7. The van der Waals surface area contributed by atoms with E-state index in [1.54, 1.807) is 33.9 Å². The zero-order valence-corrected chi connectivity index (χ0v) is 18.7. The van der Waals surface area contributed by atoms with Crippen molar-refractivity contribution in [3.63, 3.8) is 0 Å². The molecule has 0 atom stereocenters. The van der Waals surface area contributed by atoms with Crippen molar-refractivity contribution in [1.29, 1.82) is 0 Å². The van der Waals surface area contributed by atoms with Crippen LogP contribution in [0.5, 0.6) is 5.75 Å². The molecule has 0 radical (unpaired) electrons. The van der Waals surface area contributed by atoms with E-state index in [0.717, 1.165) is 16.7 Å². The van der Waals surface area contributed by atoms with Gasteiger partial charge in [0.1, 0.15) is 11.6 Å². The Bertz CT molecular complexity index is 1430. The highest BCUT2D eigenvalue weighted by atomic mass is 19.1. The third-order valence-electron chi connectivity index (χ3n) is 5.32. The van der Waals surface area contributed by atoms with Crippen LogP contribution < -0.4 is 10.1 Å². The molecule has 0 saturated carbocycles. The number of anilines is 1. The van der Waals surface area contributed by atoms with Crippen molar-refractivity contribution in [2.75, 3.05) is 5.32 Å². The Kier molecular flexibility index (Phi) is 6.34. The Labute approximate surface area is 201 Å². The molecule has 0 bridgehead atoms. The number of amides is 1. The lowest BCUT2D eigenvalue weighted by atomic mass is 10.1. The Hall–Kier alpha value is -4.72. The maximum absolute atomic E-state index is 13.4. The van der Waals surface area contributed by atoms with E-state index in [2.05, 4.69) is 27.6 Å². The first kappa shape index (κ1) is 22.1. The number of ether oxygens (including phenoxy) is 1. The Morgan fingerprint density at radius 1 is 0.914 bits per heavy atom. The number of hydrogen-bond acceptors (Lipinski definition) is 4. The highest BCUT2D eigenvalue weighted by molar-refractivity contribution is 6.02. The SMILES string of the molecule is O=C(Nc1cnn(Cc2cccc(F)c2)c1)c1ccn(COc2ccc(-c3ccccc3)cc2)n1. The second kappa shape index (κ2) is 10.0. The predicted molar refractivity (Wildman–Crippen MR) is 130 cm³/mol. The number of nitrogens with one attached hydrogen (secondary N) is 1. The average Bonchev–Trinajstić information content (AvgIpc) is 3.53. The Balaban J connectivity index is 1.15. The van der Waals surface area contributed by atoms with E-state index < -0.39 is 0 Å². The third-order valence-corrected chi connectivity index (χ3v) is 5.32. The molecule has 2 aromatic heterocycles. The van der Waals surface area contributed by atoms with Gasteiger partial charge in [0.25, 0.3) is 5.91 Å². The summed E-state index contributed by atoms with van der Waals surface area (Å²) in [7, 11) is 0. The quantitative estimate of drug-likeness (QED) is 0.339. The molecule has 0 fully saturated rings. The number of carbonyl (C=O) groups excluding carboxylic acids is 1. The molecule has 0 unspecified atom stereocenters. The third kappa shape index (κ3) is 5.62. The van der Waals surface area contributed by atoms with Gasteiger partial charge in [-0.15, -0.1) is 0 Å². The molecule has 3 aromatic carbocycles. The lowest BCUT2D eigenvalue weighted by molar-refractivity contribution is 0.102. The van der Waals surface area contributed by atoms with Crippen molar-refractivity contribution >= 4 is 11.6 Å². The average molecular weight is 468 g/mol. The molecule has 1 amide bonds. The molecular weight excluding hydrogens is 445 g/mol. The fraction of sp³-hybridized carbons (Fsp3) is 0.0741. The highest BCUT2D eigenvalue weighted by Crippen LogP contribution is 2.22. The second-order valence-corrected chi connectivity index (χ2v) is 7.91. The summed E-state index contributed by atoms with van der Waals surface area (Å²) < 4.78 is 22.3. The van der Waals surface area contributed by atoms with Crippen LogP contribution >= 0.6 is 0 Å². The van der Waals surface area contributed by atoms with E-state index in [-0.39, 0.29) is 24.1 Å². The summed E-state index contributed by atoms with van der Waals surface area (Å²) in [6.07, 6.45) is 4.90. The van der Waals surface area contributed by atoms with Gasteiger partial charge in [-0.1, -0.05) is 54.6 Å². The molecule has 7 nitrogen and oxygen atoms in total. The van der Waals surface area contributed by atoms with Crippen LogP contribution in [0.4, 0.5) is 10.1 Å². The molecule has 5 aromatic rings. The molecule has 2 heterocycles. The van der Waals surface area contributed by atoms with Crippen molar-refractivity contribution in [2.45, 2.75) is 13.3 Å². The summed E-state index contributed by atoms with van der Waals surface area (Å²) in [5.74, 6) is 0.0464. The lowest BCUT2D eigenvalue weighted by Crippen LogP contribution is -2.14. The predicted octanol–water partition coefficient (Wildman–Crippen LogP) is 5.22. The number of rotatable bonds is 8. The van der Waals surface area contributed by atoms with E-state index in [1.165, 1.54) is 18.3 Å². The van der Waals surface area contributed by atoms with Gasteiger partial charge in [0.2, 0.25) is 0 Å². The minimum absolute atomic E-state index is 0.170. The molecule has 0 aliphatic rings. The van der Waals surface area contributed by atoms with Crippen molar-refractivity contribution in [1.82, 2.24) is 19.6 Å². The van der Waals surface area contributed by atoms with Gasteiger partial charge in [-0.2, -0.15) is 10.2 Å². The Morgan fingerprint density at radius 2 is 1.71 bits per heavy atom. The highest BCUT2D eigenvalue weighted by Gasteiger charge is 2.12. The van der Waals surface area contributed by atoms with Crippen LogP contribution in [-0.4, -0.2) is 25.5 Å². The molecular formula is C27H22FN5O2. The van der Waals surface area contributed by atoms with Crippen LogP contribution in [-0.2, 0) is 13.3 Å². The van der Waals surface area contributed by atoms with Gasteiger partial charge < -0.3 is 10.1 Å². The summed E-state index contributed by atoms with van der Waals surface area (Å²) >= 11 is 0. The minimum atomic E-state index is -0.360. The molecule has 5 rings (SSSR count). The monoisotopic (exact) mass is 467 g/mol. The van der Waals surface area contributed by atoms with Gasteiger partial charge in [0.05, 0.1) is 18.4 Å². The topological polar surface area (TPSA) is 74.0 Å². The lowest BCUT2D eigenvalue weighted by Gasteiger charge is -2.07. The largest absolute Gasteiger partial charge is 0.471 e. The minimum Gasteiger partial charge on any atom is -0.471 e. The van der Waals surface area contributed by atoms with E-state index in [4.69, 9.17) is 4.74 Å². The molecule has 174 valence electrons. The number of carbonyl (C=O) groups is 1. The van der Waals surface area contributed by atoms with Crippen LogP contribution in [0.25, 0.3) is 11.1 Å². The van der Waals surface area contributed by atoms with Gasteiger partial charge in [0, 0.05) is 12.4 Å². The molecule has 0 aliphatic heterocycles. The maximum Gasteiger partial charge on any atom is 0.276 e. The van der Waals surface area contributed by atoms with E-state index >= 15 is 0 Å². The summed E-state index contributed by atoms with van der Waals surface area (Å²) in [6.45, 7) is 0.565. The first-order valence-corrected chi connectivity index (χ1v) is 11.0. The smallest absolute Gasteiger partial charge is 0.276 e. The first-order valence-electron chi connectivity index (χ1n) is 11.0. The standard InChI is InChI=1S/C27H22FN5O2/c28-23-8-4-5-20(15-23)17-33-18-24(16-29-33)30-27(34)26-13-14-32(31-26)19-35-25-11-9-22(10-12-25)21-6-2-1-3-7-21/h1-16,18H,17,19H2,(H,30,34). The Morgan fingerprint density at radius 3 is 2.51 bits per heavy atom. The van der Waals surface area contributed by atoms with Gasteiger partial charge in [-0.3, -0.25) is 9.48 Å². The number of aromatic nitrogens is 4. The number of halogens is 1. The van der Waals surface area contributed by atoms with Crippen molar-refractivity contribution < 1.29 is 13.9 Å². The molecule has 0 spiro atoms. The molecule has 8 heteroatoms. The second-order valence-electron chi connectivity index (χ2n) is 7.91. The van der Waals surface area contributed by atoms with Crippen LogP contribution in [0, 0.1) is 5.82 Å². The summed E-state index contributed by atoms with van der Waals surface area (Å²) in [4.78, 5) is 12.6. The van der Waals surface area contributed by atoms with Gasteiger partial charge in [-0.25, -0.2) is 9.07 Å². The fourth-order valence-corrected chi connectivity index (χ4v) is 3.60. The maximum atomic E-state index is 13.4. The number of benzene rings is 3. The fourth-order valence-electron chi connectivity index (χ4n) is 3.60. The van der Waals surface area contributed by atoms with Crippen LogP contribution in [0.15, 0.2) is 104 Å². The summed E-state index contributed by atoms with van der Waals surface area (Å²) in [5.41, 5.74) is 3.80. The molecule has 0 aliphatic carbocycles. The van der Waals surface area contributed by atoms with Gasteiger partial charge in [0.15, 0.2) is 12.4 Å². The van der Waals surface area contributed by atoms with Gasteiger partial charge in [-0.05, 0) is 47.0 Å². The summed E-state index contributed by atoms with van der Waals surface area (Å²) in [5, 5.41) is 11.3. The normalized spacial score (nSPS) is 10.8. The van der Waals surface area contributed by atoms with Crippen molar-refractivity contribution in [2.24, 2.45) is 0 Å².